The van der Waals surface area contributed by atoms with Gasteiger partial charge in [0.25, 0.3) is 0 Å². The van der Waals surface area contributed by atoms with E-state index in [-0.39, 0.29) is 18.6 Å². The summed E-state index contributed by atoms with van der Waals surface area (Å²) in [4.78, 5) is 2.12. The highest BCUT2D eigenvalue weighted by Gasteiger charge is 2.02. The monoisotopic (exact) mass is 377 g/mol. The second-order valence-electron chi connectivity index (χ2n) is 7.74. The van der Waals surface area contributed by atoms with Crippen molar-refractivity contribution in [3.05, 3.63) is 0 Å². The third-order valence-electron chi connectivity index (χ3n) is 5.08. The maximum Gasteiger partial charge on any atom is 0.107 e. The van der Waals surface area contributed by atoms with Gasteiger partial charge in [-0.3, -0.25) is 4.90 Å². The smallest absolute Gasteiger partial charge is 0.107 e. The van der Waals surface area contributed by atoms with Crippen molar-refractivity contribution in [2.75, 3.05) is 20.7 Å². The normalized spacial score (nSPS) is 12.4. The van der Waals surface area contributed by atoms with Crippen molar-refractivity contribution in [3.63, 3.8) is 0 Å². The van der Waals surface area contributed by atoms with E-state index >= 15 is 0 Å². The molecule has 0 saturated carbocycles. The van der Waals surface area contributed by atoms with E-state index in [1.807, 2.05) is 0 Å². The van der Waals surface area contributed by atoms with E-state index in [1.165, 1.54) is 103 Å². The average molecular weight is 378 g/mol. The van der Waals surface area contributed by atoms with Crippen molar-refractivity contribution in [3.8, 4) is 0 Å². The summed E-state index contributed by atoms with van der Waals surface area (Å²) in [5, 5.41) is 0. The molecule has 0 fully saturated rings. The molecular formula is C22H48ClNO. The first-order valence-electron chi connectivity index (χ1n) is 11.0. The predicted molar refractivity (Wildman–Crippen MR) is 116 cm³/mol. The quantitative estimate of drug-likeness (QED) is 0.170. The van der Waals surface area contributed by atoms with E-state index in [2.05, 4.69) is 32.8 Å². The van der Waals surface area contributed by atoms with E-state index in [0.29, 0.717) is 0 Å². The number of unbranched alkanes of at least 4 members (excludes halogenated alkanes) is 15. The Morgan fingerprint density at radius 3 is 1.24 bits per heavy atom. The zero-order valence-corrected chi connectivity index (χ0v) is 18.7. The Bertz CT molecular complexity index is 236. The fourth-order valence-corrected chi connectivity index (χ4v) is 3.05. The van der Waals surface area contributed by atoms with Crippen LogP contribution in [0.2, 0.25) is 0 Å². The van der Waals surface area contributed by atoms with Crippen LogP contribution in [0, 0.1) is 0 Å². The number of nitrogens with zero attached hydrogens (tertiary/aromatic N) is 1. The molecule has 0 aromatic rings. The Kier molecular flexibility index (Phi) is 24.4. The Morgan fingerprint density at radius 2 is 0.920 bits per heavy atom. The predicted octanol–water partition coefficient (Wildman–Crippen LogP) is 7.59. The molecule has 1 atom stereocenters. The van der Waals surface area contributed by atoms with Crippen LogP contribution >= 0.6 is 12.4 Å². The maximum atomic E-state index is 5.75. The van der Waals surface area contributed by atoms with Crippen LogP contribution < -0.4 is 0 Å². The van der Waals surface area contributed by atoms with Crippen molar-refractivity contribution in [1.29, 1.82) is 0 Å². The number of halogens is 1. The SMILES string of the molecule is CCCCCCCCCCCCCCCCCCOC(C)N(C)C.Cl. The third-order valence-corrected chi connectivity index (χ3v) is 5.08. The topological polar surface area (TPSA) is 12.5 Å². The minimum absolute atomic E-state index is 0. The van der Waals surface area contributed by atoms with E-state index in [0.717, 1.165) is 6.61 Å². The van der Waals surface area contributed by atoms with Crippen molar-refractivity contribution in [1.82, 2.24) is 4.90 Å². The van der Waals surface area contributed by atoms with Gasteiger partial charge in [-0.2, -0.15) is 0 Å². The molecule has 3 heteroatoms. The molecule has 1 unspecified atom stereocenters. The summed E-state index contributed by atoms with van der Waals surface area (Å²) >= 11 is 0. The van der Waals surface area contributed by atoms with E-state index in [9.17, 15) is 0 Å². The number of rotatable bonds is 19. The molecule has 0 rings (SSSR count). The van der Waals surface area contributed by atoms with Crippen LogP contribution in [-0.4, -0.2) is 31.8 Å². The van der Waals surface area contributed by atoms with Crippen LogP contribution in [-0.2, 0) is 4.74 Å². The molecule has 0 spiro atoms. The first-order chi connectivity index (χ1) is 11.7. The largest absolute Gasteiger partial charge is 0.363 e. The van der Waals surface area contributed by atoms with Crippen LogP contribution in [0.4, 0.5) is 0 Å². The standard InChI is InChI=1S/C22H47NO.ClH/c1-5-6-7-8-9-10-11-12-13-14-15-16-17-18-19-20-21-24-22(2)23(3)4;/h22H,5-21H2,1-4H3;1H. The highest BCUT2D eigenvalue weighted by molar-refractivity contribution is 5.85. The Morgan fingerprint density at radius 1 is 0.600 bits per heavy atom. The Hall–Kier alpha value is 0.210. The van der Waals surface area contributed by atoms with Gasteiger partial charge in [0.15, 0.2) is 0 Å². The van der Waals surface area contributed by atoms with Gasteiger partial charge in [-0.15, -0.1) is 12.4 Å². The van der Waals surface area contributed by atoms with Gasteiger partial charge in [0, 0.05) is 6.61 Å². The van der Waals surface area contributed by atoms with E-state index < -0.39 is 0 Å². The molecule has 154 valence electrons. The molecule has 0 bridgehead atoms. The lowest BCUT2D eigenvalue weighted by Crippen LogP contribution is -2.27. The maximum absolute atomic E-state index is 5.75. The molecule has 0 heterocycles. The summed E-state index contributed by atoms with van der Waals surface area (Å²) in [5.74, 6) is 0. The summed E-state index contributed by atoms with van der Waals surface area (Å²) in [6.07, 6.45) is 23.0. The van der Waals surface area contributed by atoms with Gasteiger partial charge in [-0.25, -0.2) is 0 Å². The molecule has 0 aliphatic heterocycles. The van der Waals surface area contributed by atoms with Crippen LogP contribution in [0.1, 0.15) is 117 Å². The zero-order chi connectivity index (χ0) is 17.9. The minimum Gasteiger partial charge on any atom is -0.363 e. The molecule has 0 aliphatic carbocycles. The van der Waals surface area contributed by atoms with Crippen LogP contribution in [0.5, 0.6) is 0 Å². The molecule has 0 radical (unpaired) electrons. The zero-order valence-electron chi connectivity index (χ0n) is 17.9. The summed E-state index contributed by atoms with van der Waals surface area (Å²) in [5.41, 5.74) is 0. The Labute approximate surface area is 165 Å². The average Bonchev–Trinajstić information content (AvgIpc) is 2.57. The van der Waals surface area contributed by atoms with Gasteiger partial charge >= 0.3 is 0 Å². The van der Waals surface area contributed by atoms with Crippen molar-refractivity contribution in [2.24, 2.45) is 0 Å². The molecule has 0 aromatic carbocycles. The van der Waals surface area contributed by atoms with E-state index in [4.69, 9.17) is 4.74 Å². The first-order valence-corrected chi connectivity index (χ1v) is 11.0. The van der Waals surface area contributed by atoms with Crippen molar-refractivity contribution < 1.29 is 4.74 Å². The highest BCUT2D eigenvalue weighted by Crippen LogP contribution is 2.13. The van der Waals surface area contributed by atoms with Gasteiger partial charge < -0.3 is 4.74 Å². The summed E-state index contributed by atoms with van der Waals surface area (Å²) in [6.45, 7) is 5.32. The second-order valence-corrected chi connectivity index (χ2v) is 7.74. The Balaban J connectivity index is 0. The fourth-order valence-electron chi connectivity index (χ4n) is 3.05. The molecule has 0 aliphatic rings. The molecule has 2 nitrogen and oxygen atoms in total. The lowest BCUT2D eigenvalue weighted by molar-refractivity contribution is -0.0241. The summed E-state index contributed by atoms with van der Waals surface area (Å²) < 4.78 is 5.75. The summed E-state index contributed by atoms with van der Waals surface area (Å²) in [7, 11) is 4.14. The minimum atomic E-state index is 0. The summed E-state index contributed by atoms with van der Waals surface area (Å²) in [6, 6.07) is 0. The molecule has 0 N–H and O–H groups in total. The molecule has 0 aromatic heterocycles. The molecule has 0 saturated heterocycles. The van der Waals surface area contributed by atoms with E-state index in [1.54, 1.807) is 0 Å². The van der Waals surface area contributed by atoms with Crippen molar-refractivity contribution >= 4 is 12.4 Å². The van der Waals surface area contributed by atoms with Crippen LogP contribution in [0.3, 0.4) is 0 Å². The van der Waals surface area contributed by atoms with Crippen LogP contribution in [0.15, 0.2) is 0 Å². The van der Waals surface area contributed by atoms with Crippen LogP contribution in [0.25, 0.3) is 0 Å². The third kappa shape index (κ3) is 22.2. The molecular weight excluding hydrogens is 330 g/mol. The van der Waals surface area contributed by atoms with Gasteiger partial charge in [-0.05, 0) is 27.4 Å². The fraction of sp³-hybridized carbons (Fsp3) is 1.00. The number of hydrogen-bond donors (Lipinski definition) is 0. The second kappa shape index (κ2) is 22.3. The van der Waals surface area contributed by atoms with Gasteiger partial charge in [0.1, 0.15) is 6.23 Å². The molecule has 25 heavy (non-hydrogen) atoms. The number of hydrogen-bond acceptors (Lipinski definition) is 2. The lowest BCUT2D eigenvalue weighted by atomic mass is 10.0. The van der Waals surface area contributed by atoms with Gasteiger partial charge in [-0.1, -0.05) is 103 Å². The van der Waals surface area contributed by atoms with Gasteiger partial charge in [0.2, 0.25) is 0 Å². The van der Waals surface area contributed by atoms with Crippen molar-refractivity contribution in [2.45, 2.75) is 123 Å². The first kappa shape index (κ1) is 27.4. The lowest BCUT2D eigenvalue weighted by Gasteiger charge is -2.19. The number of ether oxygens (including phenoxy) is 1. The molecule has 0 amide bonds. The highest BCUT2D eigenvalue weighted by atomic mass is 35.5. The van der Waals surface area contributed by atoms with Gasteiger partial charge in [0.05, 0.1) is 0 Å².